The molecule has 0 bridgehead atoms. The molecule has 8 heteroatoms. The van der Waals surface area contributed by atoms with Gasteiger partial charge in [0, 0.05) is 24.7 Å². The highest BCUT2D eigenvalue weighted by Crippen LogP contribution is 2.32. The van der Waals surface area contributed by atoms with Crippen LogP contribution in [0.3, 0.4) is 0 Å². The number of ether oxygens (including phenoxy) is 2. The Bertz CT molecular complexity index is 928. The quantitative estimate of drug-likeness (QED) is 0.755. The molecule has 0 atom stereocenters. The first-order valence-electron chi connectivity index (χ1n) is 8.59. The molecule has 3 rings (SSSR count). The molecule has 6 nitrogen and oxygen atoms in total. The second-order valence-corrected chi connectivity index (χ2v) is 8.10. The Morgan fingerprint density at radius 3 is 2.41 bits per heavy atom. The van der Waals surface area contributed by atoms with Gasteiger partial charge in [0.15, 0.2) is 21.3 Å². The van der Waals surface area contributed by atoms with E-state index in [4.69, 9.17) is 9.47 Å². The Labute approximate surface area is 157 Å². The van der Waals surface area contributed by atoms with E-state index in [1.54, 1.807) is 13.0 Å². The van der Waals surface area contributed by atoms with Gasteiger partial charge in [-0.25, -0.2) is 12.8 Å². The lowest BCUT2D eigenvalue weighted by Crippen LogP contribution is -2.32. The highest BCUT2D eigenvalue weighted by atomic mass is 32.2. The van der Waals surface area contributed by atoms with Crippen molar-refractivity contribution in [1.82, 2.24) is 0 Å². The molecule has 2 aromatic carbocycles. The Kier molecular flexibility index (Phi) is 5.65. The number of benzene rings is 2. The summed E-state index contributed by atoms with van der Waals surface area (Å²) in [5.41, 5.74) is 0.528. The molecule has 0 radical (unpaired) electrons. The molecule has 0 unspecified atom stereocenters. The number of hydrogen-bond donors (Lipinski definition) is 0. The minimum atomic E-state index is -3.66. The Morgan fingerprint density at radius 1 is 1.07 bits per heavy atom. The molecule has 1 aliphatic heterocycles. The molecule has 0 N–H and O–H groups in total. The van der Waals surface area contributed by atoms with E-state index >= 15 is 0 Å². The van der Waals surface area contributed by atoms with Crippen molar-refractivity contribution in [2.24, 2.45) is 0 Å². The zero-order chi connectivity index (χ0) is 19.4. The number of carbonyl (C=O) groups is 1. The van der Waals surface area contributed by atoms with Gasteiger partial charge in [-0.3, -0.25) is 4.79 Å². The summed E-state index contributed by atoms with van der Waals surface area (Å²) >= 11 is 0. The number of anilines is 1. The van der Waals surface area contributed by atoms with Gasteiger partial charge in [-0.05, 0) is 43.3 Å². The largest absolute Gasteiger partial charge is 0.486 e. The maximum absolute atomic E-state index is 13.1. The van der Waals surface area contributed by atoms with Crippen molar-refractivity contribution in [1.29, 1.82) is 0 Å². The lowest BCUT2D eigenvalue weighted by Gasteiger charge is -2.21. The van der Waals surface area contributed by atoms with Crippen LogP contribution in [0, 0.1) is 5.82 Å². The van der Waals surface area contributed by atoms with E-state index in [1.165, 1.54) is 41.3 Å². The third-order valence-electron chi connectivity index (χ3n) is 4.21. The monoisotopic (exact) mass is 393 g/mol. The molecule has 0 fully saturated rings. The molecule has 1 aliphatic rings. The first-order chi connectivity index (χ1) is 12.9. The standard InChI is InChI=1S/C19H20FNO5S/c1-2-21(15-5-3-14(20)4-6-15)19(22)9-12-27(23,24)16-7-8-17-18(13-16)26-11-10-25-17/h3-8,13H,2,9-12H2,1H3. The van der Waals surface area contributed by atoms with E-state index < -0.39 is 15.7 Å². The Morgan fingerprint density at radius 2 is 1.74 bits per heavy atom. The summed E-state index contributed by atoms with van der Waals surface area (Å²) in [7, 11) is -3.66. The van der Waals surface area contributed by atoms with Crippen molar-refractivity contribution in [3.05, 3.63) is 48.3 Å². The summed E-state index contributed by atoms with van der Waals surface area (Å²) in [6.07, 6.45) is -0.179. The van der Waals surface area contributed by atoms with Gasteiger partial charge in [-0.15, -0.1) is 0 Å². The third-order valence-corrected chi connectivity index (χ3v) is 5.93. The maximum Gasteiger partial charge on any atom is 0.228 e. The number of hydrogen-bond acceptors (Lipinski definition) is 5. The van der Waals surface area contributed by atoms with Crippen LogP contribution in [0.5, 0.6) is 11.5 Å². The van der Waals surface area contributed by atoms with Gasteiger partial charge < -0.3 is 14.4 Å². The molecule has 0 aliphatic carbocycles. The molecule has 0 spiro atoms. The highest BCUT2D eigenvalue weighted by molar-refractivity contribution is 7.91. The van der Waals surface area contributed by atoms with Gasteiger partial charge in [-0.1, -0.05) is 0 Å². The van der Waals surface area contributed by atoms with E-state index in [-0.39, 0.29) is 23.0 Å². The van der Waals surface area contributed by atoms with Crippen LogP contribution in [-0.2, 0) is 14.6 Å². The summed E-state index contributed by atoms with van der Waals surface area (Å²) < 4.78 is 49.1. The number of nitrogens with zero attached hydrogens (tertiary/aromatic N) is 1. The fraction of sp³-hybridized carbons (Fsp3) is 0.316. The predicted molar refractivity (Wildman–Crippen MR) is 98.5 cm³/mol. The van der Waals surface area contributed by atoms with E-state index in [0.29, 0.717) is 36.9 Å². The minimum absolute atomic E-state index is 0.0874. The molecule has 2 aromatic rings. The molecule has 144 valence electrons. The van der Waals surface area contributed by atoms with Gasteiger partial charge in [-0.2, -0.15) is 0 Å². The molecule has 0 saturated heterocycles. The molecule has 1 amide bonds. The molecule has 27 heavy (non-hydrogen) atoms. The van der Waals surface area contributed by atoms with Gasteiger partial charge in [0.25, 0.3) is 0 Å². The number of carbonyl (C=O) groups excluding carboxylic acids is 1. The summed E-state index contributed by atoms with van der Waals surface area (Å²) in [5, 5.41) is 0. The predicted octanol–water partition coefficient (Wildman–Crippen LogP) is 2.81. The van der Waals surface area contributed by atoms with Gasteiger partial charge in [0.1, 0.15) is 19.0 Å². The van der Waals surface area contributed by atoms with E-state index in [2.05, 4.69) is 0 Å². The number of halogens is 1. The van der Waals surface area contributed by atoms with Crippen LogP contribution in [0.15, 0.2) is 47.4 Å². The third kappa shape index (κ3) is 4.39. The average molecular weight is 393 g/mol. The molecular weight excluding hydrogens is 373 g/mol. The summed E-state index contributed by atoms with van der Waals surface area (Å²) in [4.78, 5) is 14.0. The smallest absolute Gasteiger partial charge is 0.228 e. The fourth-order valence-electron chi connectivity index (χ4n) is 2.82. The molecule has 0 aromatic heterocycles. The van der Waals surface area contributed by atoms with Crippen molar-refractivity contribution >= 4 is 21.4 Å². The molecule has 1 heterocycles. The summed E-state index contributed by atoms with van der Waals surface area (Å²) in [6, 6.07) is 9.93. The van der Waals surface area contributed by atoms with Crippen LogP contribution in [0.1, 0.15) is 13.3 Å². The van der Waals surface area contributed by atoms with Crippen LogP contribution in [0.2, 0.25) is 0 Å². The summed E-state index contributed by atoms with van der Waals surface area (Å²) in [6.45, 7) is 2.91. The number of fused-ring (bicyclic) bond motifs is 1. The zero-order valence-corrected chi connectivity index (χ0v) is 15.7. The Hall–Kier alpha value is -2.61. The van der Waals surface area contributed by atoms with Crippen LogP contribution < -0.4 is 14.4 Å². The number of amides is 1. The van der Waals surface area contributed by atoms with Crippen LogP contribution >= 0.6 is 0 Å². The van der Waals surface area contributed by atoms with Crippen molar-refractivity contribution in [2.45, 2.75) is 18.2 Å². The average Bonchev–Trinajstić information content (AvgIpc) is 2.68. The van der Waals surface area contributed by atoms with E-state index in [0.717, 1.165) is 0 Å². The second-order valence-electron chi connectivity index (χ2n) is 5.99. The van der Waals surface area contributed by atoms with Crippen molar-refractivity contribution in [3.63, 3.8) is 0 Å². The van der Waals surface area contributed by atoms with Crippen LogP contribution in [0.25, 0.3) is 0 Å². The molecule has 0 saturated carbocycles. The van der Waals surface area contributed by atoms with E-state index in [1.807, 2.05) is 0 Å². The Balaban J connectivity index is 1.70. The van der Waals surface area contributed by atoms with Crippen molar-refractivity contribution in [3.8, 4) is 11.5 Å². The highest BCUT2D eigenvalue weighted by Gasteiger charge is 2.22. The summed E-state index contributed by atoms with van der Waals surface area (Å²) in [5.74, 6) is -0.183. The van der Waals surface area contributed by atoms with Crippen molar-refractivity contribution < 1.29 is 27.1 Å². The molecular formula is C19H20FNO5S. The first kappa shape index (κ1) is 19.2. The van der Waals surface area contributed by atoms with E-state index in [9.17, 15) is 17.6 Å². The van der Waals surface area contributed by atoms with Crippen LogP contribution in [-0.4, -0.2) is 39.8 Å². The van der Waals surface area contributed by atoms with Gasteiger partial charge >= 0.3 is 0 Å². The van der Waals surface area contributed by atoms with Gasteiger partial charge in [0.2, 0.25) is 5.91 Å². The van der Waals surface area contributed by atoms with Crippen molar-refractivity contribution in [2.75, 3.05) is 30.4 Å². The zero-order valence-electron chi connectivity index (χ0n) is 14.9. The topological polar surface area (TPSA) is 72.9 Å². The van der Waals surface area contributed by atoms with Crippen LogP contribution in [0.4, 0.5) is 10.1 Å². The fourth-order valence-corrected chi connectivity index (χ4v) is 4.06. The second kappa shape index (κ2) is 7.96. The lowest BCUT2D eigenvalue weighted by molar-refractivity contribution is -0.118. The lowest BCUT2D eigenvalue weighted by atomic mass is 10.2. The first-order valence-corrected chi connectivity index (χ1v) is 10.2. The SMILES string of the molecule is CCN(C(=O)CCS(=O)(=O)c1ccc2c(c1)OCCO2)c1ccc(F)cc1. The van der Waals surface area contributed by atoms with Gasteiger partial charge in [0.05, 0.1) is 10.6 Å². The maximum atomic E-state index is 13.1. The number of rotatable bonds is 6. The number of sulfone groups is 1. The minimum Gasteiger partial charge on any atom is -0.486 e. The normalized spacial score (nSPS) is 13.3.